The maximum Gasteiger partial charge on any atom is 0.263 e. The molecule has 1 aliphatic heterocycles. The van der Waals surface area contributed by atoms with E-state index in [0.717, 1.165) is 5.56 Å². The molecular formula is C16H18ClF2NO2. The molecule has 1 aromatic carbocycles. The molecule has 1 saturated carbocycles. The first-order valence-corrected chi connectivity index (χ1v) is 7.70. The summed E-state index contributed by atoms with van der Waals surface area (Å²) in [5.74, 6) is -3.38. The van der Waals surface area contributed by atoms with Crippen LogP contribution >= 0.6 is 11.6 Å². The fraction of sp³-hybridized carbons (Fsp3) is 0.562. The molecule has 3 nitrogen and oxygen atoms in total. The van der Waals surface area contributed by atoms with Gasteiger partial charge in [0.15, 0.2) is 0 Å². The predicted octanol–water partition coefficient (Wildman–Crippen LogP) is 3.67. The maximum absolute atomic E-state index is 13.5. The Labute approximate surface area is 133 Å². The third kappa shape index (κ3) is 2.40. The van der Waals surface area contributed by atoms with Crippen LogP contribution < -0.4 is 0 Å². The van der Waals surface area contributed by atoms with E-state index < -0.39 is 17.2 Å². The lowest BCUT2D eigenvalue weighted by Gasteiger charge is -2.40. The van der Waals surface area contributed by atoms with Crippen molar-refractivity contribution in [3.63, 3.8) is 0 Å². The third-order valence-electron chi connectivity index (χ3n) is 4.73. The van der Waals surface area contributed by atoms with E-state index in [1.54, 1.807) is 12.1 Å². The molecule has 1 amide bonds. The van der Waals surface area contributed by atoms with Gasteiger partial charge in [-0.3, -0.25) is 4.79 Å². The van der Waals surface area contributed by atoms with Crippen molar-refractivity contribution in [3.8, 4) is 0 Å². The lowest BCUT2D eigenvalue weighted by atomic mass is 9.98. The Morgan fingerprint density at radius 2 is 2.14 bits per heavy atom. The lowest BCUT2D eigenvalue weighted by Crippen LogP contribution is -2.51. The van der Waals surface area contributed by atoms with Gasteiger partial charge in [-0.1, -0.05) is 23.7 Å². The highest BCUT2D eigenvalue weighted by molar-refractivity contribution is 6.30. The summed E-state index contributed by atoms with van der Waals surface area (Å²) in [5, 5.41) is 0.581. The molecule has 0 spiro atoms. The highest BCUT2D eigenvalue weighted by Crippen LogP contribution is 2.61. The van der Waals surface area contributed by atoms with Crippen molar-refractivity contribution in [1.82, 2.24) is 4.90 Å². The molecule has 2 aliphatic rings. The van der Waals surface area contributed by atoms with Gasteiger partial charge in [-0.2, -0.15) is 0 Å². The number of nitrogens with zero attached hydrogens (tertiary/aromatic N) is 1. The summed E-state index contributed by atoms with van der Waals surface area (Å²) in [4.78, 5) is 14.0. The summed E-state index contributed by atoms with van der Waals surface area (Å²) in [5.41, 5.74) is -0.706. The summed E-state index contributed by atoms with van der Waals surface area (Å²) in [6, 6.07) is 6.91. The third-order valence-corrected chi connectivity index (χ3v) is 4.96. The van der Waals surface area contributed by atoms with Crippen LogP contribution in [0, 0.1) is 5.41 Å². The first-order valence-electron chi connectivity index (χ1n) is 7.32. The second kappa shape index (κ2) is 5.17. The van der Waals surface area contributed by atoms with E-state index in [1.165, 1.54) is 11.8 Å². The summed E-state index contributed by atoms with van der Waals surface area (Å²) in [6.45, 7) is 3.83. The maximum atomic E-state index is 13.5. The number of amides is 1. The Kier molecular flexibility index (Phi) is 3.68. The van der Waals surface area contributed by atoms with E-state index in [1.807, 2.05) is 19.1 Å². The number of rotatable bonds is 2. The van der Waals surface area contributed by atoms with Gasteiger partial charge in [0.2, 0.25) is 5.91 Å². The van der Waals surface area contributed by atoms with Gasteiger partial charge in [0.1, 0.15) is 11.5 Å². The summed E-state index contributed by atoms with van der Waals surface area (Å²) >= 11 is 6.00. The van der Waals surface area contributed by atoms with Crippen molar-refractivity contribution in [3.05, 3.63) is 34.9 Å². The molecule has 120 valence electrons. The highest BCUT2D eigenvalue weighted by atomic mass is 35.5. The molecule has 1 aliphatic carbocycles. The van der Waals surface area contributed by atoms with Crippen LogP contribution in [-0.2, 0) is 9.53 Å². The minimum absolute atomic E-state index is 0.312. The van der Waals surface area contributed by atoms with Gasteiger partial charge < -0.3 is 9.64 Å². The van der Waals surface area contributed by atoms with E-state index in [0.29, 0.717) is 18.2 Å². The van der Waals surface area contributed by atoms with Crippen LogP contribution in [0.4, 0.5) is 8.78 Å². The molecular weight excluding hydrogens is 312 g/mol. The van der Waals surface area contributed by atoms with Gasteiger partial charge >= 0.3 is 0 Å². The molecule has 0 N–H and O–H groups in total. The molecule has 1 unspecified atom stereocenters. The quantitative estimate of drug-likeness (QED) is 0.828. The summed E-state index contributed by atoms with van der Waals surface area (Å²) in [7, 11) is 0. The van der Waals surface area contributed by atoms with Gasteiger partial charge in [0.25, 0.3) is 5.92 Å². The van der Waals surface area contributed by atoms with Gasteiger partial charge in [0.05, 0.1) is 12.6 Å². The molecule has 3 atom stereocenters. The number of hydrogen-bond donors (Lipinski definition) is 0. The average molecular weight is 330 g/mol. The second-order valence-corrected chi connectivity index (χ2v) is 6.74. The van der Waals surface area contributed by atoms with Crippen molar-refractivity contribution in [2.45, 2.75) is 38.3 Å². The number of morpholine rings is 1. The smallest absolute Gasteiger partial charge is 0.263 e. The Morgan fingerprint density at radius 1 is 1.45 bits per heavy atom. The van der Waals surface area contributed by atoms with Gasteiger partial charge in [-0.25, -0.2) is 8.78 Å². The number of carbonyl (C=O) groups excluding carboxylic acids is 1. The van der Waals surface area contributed by atoms with Gasteiger partial charge in [0, 0.05) is 18.0 Å². The fourth-order valence-electron chi connectivity index (χ4n) is 3.08. The average Bonchev–Trinajstić information content (AvgIpc) is 2.98. The molecule has 2 fully saturated rings. The second-order valence-electron chi connectivity index (χ2n) is 6.30. The summed E-state index contributed by atoms with van der Waals surface area (Å²) in [6.07, 6.45) is -0.725. The first kappa shape index (κ1) is 15.7. The Balaban J connectivity index is 1.82. The monoisotopic (exact) mass is 329 g/mol. The molecule has 1 aromatic rings. The largest absolute Gasteiger partial charge is 0.370 e. The lowest BCUT2D eigenvalue weighted by molar-refractivity contribution is -0.154. The van der Waals surface area contributed by atoms with E-state index in [9.17, 15) is 13.6 Å². The standard InChI is InChI=1S/C16H18ClF2NO2/c1-10-13(11-4-3-5-12(17)8-11)22-7-6-20(10)14(21)15(2)9-16(15,18)19/h3-5,8,10,13H,6-7,9H2,1-2H3/t10-,13+,15?/m1/s1. The molecule has 1 saturated heterocycles. The topological polar surface area (TPSA) is 29.5 Å². The normalized spacial score (nSPS) is 33.6. The van der Waals surface area contributed by atoms with Gasteiger partial charge in [-0.05, 0) is 31.5 Å². The minimum atomic E-state index is -2.90. The van der Waals surface area contributed by atoms with E-state index >= 15 is 0 Å². The van der Waals surface area contributed by atoms with Crippen LogP contribution in [0.5, 0.6) is 0 Å². The zero-order valence-electron chi connectivity index (χ0n) is 12.5. The Hall–Kier alpha value is -1.20. The van der Waals surface area contributed by atoms with Gasteiger partial charge in [-0.15, -0.1) is 0 Å². The van der Waals surface area contributed by atoms with E-state index in [4.69, 9.17) is 16.3 Å². The molecule has 0 radical (unpaired) electrons. The molecule has 6 heteroatoms. The number of benzene rings is 1. The SMILES string of the molecule is C[C@@H]1[C@@H](c2cccc(Cl)c2)OCCN1C(=O)C1(C)CC1(F)F. The van der Waals surface area contributed by atoms with Crippen LogP contribution in [0.3, 0.4) is 0 Å². The Morgan fingerprint density at radius 3 is 2.73 bits per heavy atom. The first-order chi connectivity index (χ1) is 10.3. The van der Waals surface area contributed by atoms with Crippen LogP contribution in [0.15, 0.2) is 24.3 Å². The fourth-order valence-corrected chi connectivity index (χ4v) is 3.28. The van der Waals surface area contributed by atoms with Crippen molar-refractivity contribution in [2.24, 2.45) is 5.41 Å². The molecule has 0 bridgehead atoms. The van der Waals surface area contributed by atoms with Crippen molar-refractivity contribution in [2.75, 3.05) is 13.2 Å². The number of carbonyl (C=O) groups is 1. The van der Waals surface area contributed by atoms with E-state index in [2.05, 4.69) is 0 Å². The zero-order valence-corrected chi connectivity index (χ0v) is 13.2. The molecule has 1 heterocycles. The number of halogens is 3. The van der Waals surface area contributed by atoms with Crippen LogP contribution in [0.2, 0.25) is 5.02 Å². The van der Waals surface area contributed by atoms with Crippen LogP contribution in [-0.4, -0.2) is 35.9 Å². The van der Waals surface area contributed by atoms with Crippen LogP contribution in [0.25, 0.3) is 0 Å². The molecule has 3 rings (SSSR count). The van der Waals surface area contributed by atoms with Crippen LogP contribution in [0.1, 0.15) is 31.9 Å². The Bertz CT molecular complexity index is 610. The van der Waals surface area contributed by atoms with Crippen molar-refractivity contribution >= 4 is 17.5 Å². The minimum Gasteiger partial charge on any atom is -0.370 e. The van der Waals surface area contributed by atoms with E-state index in [-0.39, 0.29) is 18.6 Å². The predicted molar refractivity (Wildman–Crippen MR) is 79.0 cm³/mol. The summed E-state index contributed by atoms with van der Waals surface area (Å²) < 4.78 is 32.7. The number of alkyl halides is 2. The molecule has 22 heavy (non-hydrogen) atoms. The zero-order chi connectivity index (χ0) is 16.1. The number of hydrogen-bond acceptors (Lipinski definition) is 2. The van der Waals surface area contributed by atoms with Crippen molar-refractivity contribution in [1.29, 1.82) is 0 Å². The molecule has 0 aromatic heterocycles. The number of ether oxygens (including phenoxy) is 1. The highest BCUT2D eigenvalue weighted by Gasteiger charge is 2.73. The van der Waals surface area contributed by atoms with Crippen molar-refractivity contribution < 1.29 is 18.3 Å².